The number of allylic oxidation sites excluding steroid dienone is 4. The van der Waals surface area contributed by atoms with Crippen molar-refractivity contribution in [2.24, 2.45) is 0 Å². The first kappa shape index (κ1) is 17.3. The van der Waals surface area contributed by atoms with E-state index in [1.807, 2.05) is 20.4 Å². The van der Waals surface area contributed by atoms with Crippen molar-refractivity contribution < 1.29 is 41.3 Å². The maximum absolute atomic E-state index is 8.00. The van der Waals surface area contributed by atoms with Crippen molar-refractivity contribution in [2.45, 2.75) is 6.42 Å². The molecule has 0 heterocycles. The van der Waals surface area contributed by atoms with Crippen LogP contribution in [0.1, 0.15) is 13.6 Å². The molecular weight excluding hydrogens is 328 g/mol. The van der Waals surface area contributed by atoms with E-state index in [1.165, 1.54) is 6.42 Å². The zero-order chi connectivity index (χ0) is 10.4. The molecule has 1 aliphatic carbocycles. The van der Waals surface area contributed by atoms with Gasteiger partial charge in [-0.2, -0.15) is 0 Å². The second-order valence-electron chi connectivity index (χ2n) is 1.27. The summed E-state index contributed by atoms with van der Waals surface area (Å²) in [5.41, 5.74) is 0. The molecule has 0 bridgehead atoms. The Balaban J connectivity index is -0.0000000112. The van der Waals surface area contributed by atoms with E-state index in [1.54, 1.807) is 23.8 Å². The number of hydrogen-bond acceptors (Lipinski definition) is 3. The fourth-order valence-corrected chi connectivity index (χ4v) is 1.06. The third-order valence-corrected chi connectivity index (χ3v) is 1.82. The van der Waals surface area contributed by atoms with Gasteiger partial charge in [0.1, 0.15) is 20.4 Å². The summed E-state index contributed by atoms with van der Waals surface area (Å²) >= 11 is 1.61. The molecule has 0 unspecified atom stereocenters. The first-order chi connectivity index (χ1) is 5.89. The van der Waals surface area contributed by atoms with Crippen LogP contribution < -0.4 is 0 Å². The molecule has 0 saturated carbocycles. The minimum atomic E-state index is 0. The predicted molar refractivity (Wildman–Crippen MR) is 48.8 cm³/mol. The Morgan fingerprint density at radius 1 is 1.17 bits per heavy atom. The normalized spacial score (nSPS) is 10.3. The Kier molecular flexibility index (Phi) is 32.4. The molecule has 0 aromatic rings. The molecule has 1 aliphatic rings. The van der Waals surface area contributed by atoms with Gasteiger partial charge in [-0.15, -0.1) is 0 Å². The number of hydrogen-bond donors (Lipinski definition) is 0. The Morgan fingerprint density at radius 3 is 1.67 bits per heavy atom. The Morgan fingerprint density at radius 2 is 1.58 bits per heavy atom. The van der Waals surface area contributed by atoms with Gasteiger partial charge in [0, 0.05) is 0 Å². The Hall–Kier alpha value is -0.822. The quantitative estimate of drug-likeness (QED) is 0.667. The fraction of sp³-hybridized carbons (Fsp3) is 0.125. The summed E-state index contributed by atoms with van der Waals surface area (Å²) in [5.74, 6) is 0. The van der Waals surface area contributed by atoms with Crippen LogP contribution in [0.5, 0.6) is 0 Å². The molecule has 0 aromatic heterocycles. The van der Waals surface area contributed by atoms with Gasteiger partial charge in [0.15, 0.2) is 0 Å². The molecule has 3 nitrogen and oxygen atoms in total. The fourth-order valence-electron chi connectivity index (χ4n) is 0.428. The van der Waals surface area contributed by atoms with Gasteiger partial charge in [0.2, 0.25) is 0 Å². The summed E-state index contributed by atoms with van der Waals surface area (Å²) in [4.78, 5) is 24.0. The summed E-state index contributed by atoms with van der Waals surface area (Å²) in [6, 6.07) is 0. The predicted octanol–water partition coefficient (Wildman–Crippen LogP) is 1.38. The van der Waals surface area contributed by atoms with E-state index >= 15 is 0 Å². The molecule has 0 aromatic carbocycles. The van der Waals surface area contributed by atoms with Crippen molar-refractivity contribution in [1.29, 1.82) is 0 Å². The van der Waals surface area contributed by atoms with Crippen LogP contribution in [0.15, 0.2) is 22.2 Å². The Labute approximate surface area is 90.9 Å². The molecule has 1 rings (SSSR count). The second kappa shape index (κ2) is 22.5. The summed E-state index contributed by atoms with van der Waals surface area (Å²) in [7, 11) is 0. The molecule has 0 fully saturated rings. The topological polar surface area (TPSA) is 51.2 Å². The van der Waals surface area contributed by atoms with Crippen molar-refractivity contribution in [1.82, 2.24) is 0 Å². The van der Waals surface area contributed by atoms with Crippen molar-refractivity contribution in [3.05, 3.63) is 22.2 Å². The van der Waals surface area contributed by atoms with Gasteiger partial charge < -0.3 is 21.5 Å². The van der Waals surface area contributed by atoms with Crippen LogP contribution in [-0.4, -0.2) is 20.4 Å². The molecule has 0 amide bonds. The van der Waals surface area contributed by atoms with E-state index in [2.05, 4.69) is 18.2 Å². The van der Waals surface area contributed by atoms with E-state index in [0.29, 0.717) is 0 Å². The van der Waals surface area contributed by atoms with Crippen molar-refractivity contribution in [3.63, 3.8) is 0 Å². The first-order valence-corrected chi connectivity index (χ1v) is 4.25. The van der Waals surface area contributed by atoms with Crippen LogP contribution in [-0.2, 0) is 34.2 Å². The van der Waals surface area contributed by atoms with Gasteiger partial charge in [-0.1, -0.05) is 0 Å². The van der Waals surface area contributed by atoms with Crippen molar-refractivity contribution >= 4 is 20.4 Å². The molecule has 0 atom stereocenters. The monoisotopic (exact) mass is 344 g/mol. The zero-order valence-electron chi connectivity index (χ0n) is 11.7. The van der Waals surface area contributed by atoms with Crippen LogP contribution in [0, 0.1) is 0 Å². The van der Waals surface area contributed by atoms with Crippen molar-refractivity contribution in [2.75, 3.05) is 0 Å². The first-order valence-electron chi connectivity index (χ1n) is 2.79. The van der Waals surface area contributed by atoms with Crippen LogP contribution in [0.4, 0.5) is 0 Å². The van der Waals surface area contributed by atoms with Crippen LogP contribution in [0.3, 0.4) is 0 Å². The van der Waals surface area contributed by atoms with Gasteiger partial charge in [-0.25, -0.2) is 0 Å². The average molecular weight is 344 g/mol. The molecule has 72 valence electrons. The molecule has 0 aliphatic heterocycles. The molecule has 0 spiro atoms. The van der Waals surface area contributed by atoms with Gasteiger partial charge in [0.05, 0.1) is 0 Å². The van der Waals surface area contributed by atoms with E-state index in [0.717, 1.165) is 0 Å². The van der Waals surface area contributed by atoms with Gasteiger partial charge >= 0.3 is 48.4 Å². The van der Waals surface area contributed by atoms with Gasteiger partial charge in [-0.3, -0.25) is 0 Å². The van der Waals surface area contributed by atoms with E-state index in [9.17, 15) is 0 Å². The van der Waals surface area contributed by atoms with Crippen LogP contribution >= 0.6 is 0 Å². The number of carbonyl (C=O) groups excluding carboxylic acids is 3. The number of rotatable bonds is 0. The van der Waals surface area contributed by atoms with Crippen LogP contribution in [0.2, 0.25) is 0 Å². The third-order valence-electron chi connectivity index (χ3n) is 0.737. The molecular formula is C8H16O3W. The van der Waals surface area contributed by atoms with Gasteiger partial charge in [-0.05, 0) is 0 Å². The van der Waals surface area contributed by atoms with Gasteiger partial charge in [0.25, 0.3) is 0 Å². The molecule has 12 heavy (non-hydrogen) atoms. The second-order valence-corrected chi connectivity index (χ2v) is 3.15. The van der Waals surface area contributed by atoms with E-state index < -0.39 is 0 Å². The summed E-state index contributed by atoms with van der Waals surface area (Å²) in [6.45, 7) is 6.00. The molecule has 0 N–H and O–H groups in total. The zero-order valence-corrected chi connectivity index (χ0v) is 9.63. The van der Waals surface area contributed by atoms with Crippen molar-refractivity contribution in [3.8, 4) is 0 Å². The number of carbonyl (C=O) groups is 3. The Bertz CT molecular complexity index is 153. The maximum atomic E-state index is 8.00. The van der Waals surface area contributed by atoms with E-state index in [-0.39, 0.29) is 7.13 Å². The minimum absolute atomic E-state index is 0. The molecule has 0 radical (unpaired) electrons. The van der Waals surface area contributed by atoms with E-state index in [4.69, 9.17) is 14.4 Å². The van der Waals surface area contributed by atoms with Crippen LogP contribution in [0.25, 0.3) is 0 Å². The molecule has 0 saturated heterocycles. The summed E-state index contributed by atoms with van der Waals surface area (Å²) in [5, 5.41) is 0. The summed E-state index contributed by atoms with van der Waals surface area (Å²) in [6.07, 6.45) is 7.68. The summed E-state index contributed by atoms with van der Waals surface area (Å²) < 4.78 is 1.55. The average Bonchev–Trinajstić information content (AvgIpc) is 2.66. The third kappa shape index (κ3) is 16.1. The standard InChI is InChI=1S/C5H5.3CH2O.W.5H/c1-2-4-5-3-1;3*1-2;;;;;;/h1-3H,4H2;3*1H2;;;;;;/q;;;;+5;5*-1. The molecule has 4 heteroatoms. The SMILES string of the molecule is C=O.C=O.C=O.[H-].[H-].[H-].[H-].[H-].[W+5][C]1=CC=CC1.